The molecule has 4 aliphatic carbocycles. The Morgan fingerprint density at radius 2 is 1.77 bits per heavy atom. The van der Waals surface area contributed by atoms with Gasteiger partial charge in [-0.15, -0.1) is 11.3 Å². The molecule has 30 heavy (non-hydrogen) atoms. The zero-order valence-electron chi connectivity index (χ0n) is 16.9. The number of carbonyl (C=O) groups excluding carboxylic acids is 2. The van der Waals surface area contributed by atoms with Gasteiger partial charge < -0.3 is 15.4 Å². The summed E-state index contributed by atoms with van der Waals surface area (Å²) in [6, 6.07) is 8.72. The summed E-state index contributed by atoms with van der Waals surface area (Å²) in [5.74, 6) is 2.29. The van der Waals surface area contributed by atoms with E-state index in [0.29, 0.717) is 28.6 Å². The molecule has 1 aromatic heterocycles. The van der Waals surface area contributed by atoms with Crippen molar-refractivity contribution >= 4 is 28.3 Å². The zero-order valence-corrected chi connectivity index (χ0v) is 17.7. The number of anilines is 1. The van der Waals surface area contributed by atoms with Gasteiger partial charge in [0.2, 0.25) is 5.91 Å². The highest BCUT2D eigenvalue weighted by atomic mass is 32.1. The van der Waals surface area contributed by atoms with Crippen molar-refractivity contribution in [3.05, 3.63) is 41.9 Å². The molecule has 2 N–H and O–H groups in total. The summed E-state index contributed by atoms with van der Waals surface area (Å²) in [6.07, 6.45) is 8.59. The summed E-state index contributed by atoms with van der Waals surface area (Å²) in [5.41, 5.74) is -0.154. The van der Waals surface area contributed by atoms with Crippen LogP contribution >= 0.6 is 11.3 Å². The third-order valence-electron chi connectivity index (χ3n) is 7.04. The number of para-hydroxylation sites is 1. The van der Waals surface area contributed by atoms with Gasteiger partial charge in [0.15, 0.2) is 11.7 Å². The van der Waals surface area contributed by atoms with Gasteiger partial charge in [-0.05, 0) is 68.4 Å². The maximum Gasteiger partial charge on any atom is 0.258 e. The van der Waals surface area contributed by atoms with Crippen LogP contribution in [0.1, 0.15) is 38.5 Å². The third kappa shape index (κ3) is 3.95. The quantitative estimate of drug-likeness (QED) is 0.706. The van der Waals surface area contributed by atoms with Gasteiger partial charge in [-0.3, -0.25) is 9.59 Å². The van der Waals surface area contributed by atoms with E-state index in [1.807, 2.05) is 35.7 Å². The van der Waals surface area contributed by atoms with Crippen LogP contribution < -0.4 is 15.4 Å². The van der Waals surface area contributed by atoms with E-state index < -0.39 is 6.04 Å². The molecule has 158 valence electrons. The lowest BCUT2D eigenvalue weighted by Crippen LogP contribution is -2.61. The van der Waals surface area contributed by atoms with E-state index >= 15 is 0 Å². The molecule has 0 saturated heterocycles. The number of carbonyl (C=O) groups is 2. The SMILES string of the molecule is O=C(COc1ccccc1)N[C@H](C(=O)Nc1nccs1)C12CC3CC(CC(C3)C1)C2. The van der Waals surface area contributed by atoms with Crippen molar-refractivity contribution in [2.24, 2.45) is 23.2 Å². The van der Waals surface area contributed by atoms with E-state index in [9.17, 15) is 9.59 Å². The number of amides is 2. The first kappa shape index (κ1) is 19.5. The molecule has 1 aromatic carbocycles. The van der Waals surface area contributed by atoms with Crippen LogP contribution in [-0.2, 0) is 9.59 Å². The normalized spacial score (nSPS) is 29.9. The Kier molecular flexibility index (Phi) is 5.23. The Bertz CT molecular complexity index is 864. The smallest absolute Gasteiger partial charge is 0.258 e. The van der Waals surface area contributed by atoms with Crippen molar-refractivity contribution in [1.29, 1.82) is 0 Å². The third-order valence-corrected chi connectivity index (χ3v) is 7.73. The predicted molar refractivity (Wildman–Crippen MR) is 115 cm³/mol. The van der Waals surface area contributed by atoms with Gasteiger partial charge in [-0.2, -0.15) is 0 Å². The van der Waals surface area contributed by atoms with Crippen molar-refractivity contribution in [3.8, 4) is 5.75 Å². The zero-order chi connectivity index (χ0) is 20.6. The van der Waals surface area contributed by atoms with Crippen molar-refractivity contribution < 1.29 is 14.3 Å². The largest absolute Gasteiger partial charge is 0.484 e. The van der Waals surface area contributed by atoms with Gasteiger partial charge in [0, 0.05) is 17.0 Å². The van der Waals surface area contributed by atoms with Gasteiger partial charge in [0.1, 0.15) is 11.8 Å². The first-order chi connectivity index (χ1) is 14.6. The summed E-state index contributed by atoms with van der Waals surface area (Å²) in [6.45, 7) is -0.0998. The molecule has 6 rings (SSSR count). The first-order valence-electron chi connectivity index (χ1n) is 10.8. The number of nitrogens with zero attached hydrogens (tertiary/aromatic N) is 1. The summed E-state index contributed by atoms with van der Waals surface area (Å²) in [7, 11) is 0. The minimum atomic E-state index is -0.554. The molecule has 0 aliphatic heterocycles. The highest BCUT2D eigenvalue weighted by Gasteiger charge is 2.56. The summed E-state index contributed by atoms with van der Waals surface area (Å²) >= 11 is 1.39. The van der Waals surface area contributed by atoms with Crippen LogP contribution in [0.25, 0.3) is 0 Å². The lowest BCUT2D eigenvalue weighted by molar-refractivity contribution is -0.138. The van der Waals surface area contributed by atoms with Gasteiger partial charge in [0.25, 0.3) is 5.91 Å². The molecule has 2 amide bonds. The molecule has 4 aliphatic rings. The van der Waals surface area contributed by atoms with E-state index in [-0.39, 0.29) is 23.8 Å². The van der Waals surface area contributed by atoms with Crippen LogP contribution in [-0.4, -0.2) is 29.4 Å². The number of ether oxygens (including phenoxy) is 1. The second-order valence-corrected chi connectivity index (χ2v) is 10.1. The predicted octanol–water partition coefficient (Wildman–Crippen LogP) is 3.86. The Hall–Kier alpha value is -2.41. The fourth-order valence-electron chi connectivity index (χ4n) is 6.36. The molecule has 4 saturated carbocycles. The molecular weight excluding hydrogens is 398 g/mol. The Morgan fingerprint density at radius 3 is 2.37 bits per heavy atom. The van der Waals surface area contributed by atoms with E-state index in [2.05, 4.69) is 15.6 Å². The number of rotatable bonds is 7. The monoisotopic (exact) mass is 425 g/mol. The highest BCUT2D eigenvalue weighted by molar-refractivity contribution is 7.13. The molecule has 4 bridgehead atoms. The Morgan fingerprint density at radius 1 is 1.10 bits per heavy atom. The van der Waals surface area contributed by atoms with Crippen molar-refractivity contribution in [3.63, 3.8) is 0 Å². The van der Waals surface area contributed by atoms with Gasteiger partial charge in [0.05, 0.1) is 0 Å². The molecule has 0 radical (unpaired) electrons. The number of hydrogen-bond donors (Lipinski definition) is 2. The number of hydrogen-bond acceptors (Lipinski definition) is 5. The molecule has 6 nitrogen and oxygen atoms in total. The maximum atomic E-state index is 13.3. The average molecular weight is 426 g/mol. The second kappa shape index (κ2) is 8.02. The van der Waals surface area contributed by atoms with E-state index in [4.69, 9.17) is 4.74 Å². The van der Waals surface area contributed by atoms with Crippen LogP contribution in [0.4, 0.5) is 5.13 Å². The number of aromatic nitrogens is 1. The van der Waals surface area contributed by atoms with Crippen LogP contribution in [0.3, 0.4) is 0 Å². The molecule has 1 atom stereocenters. The lowest BCUT2D eigenvalue weighted by Gasteiger charge is -2.58. The van der Waals surface area contributed by atoms with Crippen LogP contribution in [0.2, 0.25) is 0 Å². The lowest BCUT2D eigenvalue weighted by atomic mass is 9.47. The number of thiazole rings is 1. The maximum absolute atomic E-state index is 13.3. The van der Waals surface area contributed by atoms with Gasteiger partial charge >= 0.3 is 0 Å². The minimum Gasteiger partial charge on any atom is -0.484 e. The fourth-order valence-corrected chi connectivity index (χ4v) is 6.89. The second-order valence-electron chi connectivity index (χ2n) is 9.21. The standard InChI is InChI=1S/C23H27N3O3S/c27-19(14-29-18-4-2-1-3-5-18)25-20(21(28)26-22-24-6-7-30-22)23-11-15-8-16(12-23)10-17(9-15)13-23/h1-7,15-17,20H,8-14H2,(H,25,27)(H,24,26,28)/t15?,16?,17?,20-,23?/m1/s1. The summed E-state index contributed by atoms with van der Waals surface area (Å²) in [4.78, 5) is 30.3. The van der Waals surface area contributed by atoms with Crippen LogP contribution in [0.15, 0.2) is 41.9 Å². The molecular formula is C23H27N3O3S. The van der Waals surface area contributed by atoms with Crippen molar-refractivity contribution in [2.45, 2.75) is 44.6 Å². The van der Waals surface area contributed by atoms with Gasteiger partial charge in [-0.25, -0.2) is 4.98 Å². The van der Waals surface area contributed by atoms with Crippen LogP contribution in [0.5, 0.6) is 5.75 Å². The van der Waals surface area contributed by atoms with Crippen LogP contribution in [0, 0.1) is 23.2 Å². The van der Waals surface area contributed by atoms with E-state index in [1.54, 1.807) is 6.20 Å². The van der Waals surface area contributed by atoms with E-state index in [1.165, 1.54) is 30.6 Å². The molecule has 1 heterocycles. The van der Waals surface area contributed by atoms with Gasteiger partial charge in [-0.1, -0.05) is 18.2 Å². The molecule has 0 unspecified atom stereocenters. The summed E-state index contributed by atoms with van der Waals surface area (Å²) < 4.78 is 5.62. The average Bonchev–Trinajstić information content (AvgIpc) is 3.23. The van der Waals surface area contributed by atoms with Crippen molar-refractivity contribution in [1.82, 2.24) is 10.3 Å². The highest BCUT2D eigenvalue weighted by Crippen LogP contribution is 2.61. The molecule has 0 spiro atoms. The first-order valence-corrected chi connectivity index (χ1v) is 11.7. The van der Waals surface area contributed by atoms with Crippen molar-refractivity contribution in [2.75, 3.05) is 11.9 Å². The minimum absolute atomic E-state index is 0.0998. The molecule has 4 fully saturated rings. The van der Waals surface area contributed by atoms with E-state index in [0.717, 1.165) is 19.3 Å². The number of benzene rings is 1. The molecule has 2 aromatic rings. The molecule has 7 heteroatoms. The Labute approximate surface area is 180 Å². The number of nitrogens with one attached hydrogen (secondary N) is 2. The Balaban J connectivity index is 1.33. The summed E-state index contributed by atoms with van der Waals surface area (Å²) in [5, 5.41) is 8.41. The topological polar surface area (TPSA) is 80.3 Å². The fraction of sp³-hybridized carbons (Fsp3) is 0.522.